The molecule has 0 aromatic carbocycles. The van der Waals surface area contributed by atoms with Crippen molar-refractivity contribution in [1.82, 2.24) is 29.4 Å². The molecule has 24 heavy (non-hydrogen) atoms. The van der Waals surface area contributed by atoms with Crippen LogP contribution < -0.4 is 5.32 Å². The first-order valence-electron chi connectivity index (χ1n) is 8.20. The summed E-state index contributed by atoms with van der Waals surface area (Å²) in [6.45, 7) is 8.93. The van der Waals surface area contributed by atoms with Gasteiger partial charge in [0.05, 0.1) is 23.3 Å². The number of hydrogen-bond donors (Lipinski definition) is 1. The quantitative estimate of drug-likeness (QED) is 0.845. The maximum atomic E-state index is 5.56. The van der Waals surface area contributed by atoms with Gasteiger partial charge in [-0.2, -0.15) is 10.2 Å². The van der Waals surface area contributed by atoms with Crippen molar-refractivity contribution in [3.8, 4) is 0 Å². The number of rotatable bonds is 3. The molecule has 3 heterocycles. The van der Waals surface area contributed by atoms with Crippen molar-refractivity contribution in [2.45, 2.75) is 20.4 Å². The van der Waals surface area contributed by atoms with E-state index in [9.17, 15) is 0 Å². The van der Waals surface area contributed by atoms with Crippen LogP contribution in [-0.4, -0.2) is 60.7 Å². The zero-order valence-electron chi connectivity index (χ0n) is 14.8. The summed E-state index contributed by atoms with van der Waals surface area (Å²) in [5.41, 5.74) is 4.49. The first-order valence-corrected chi connectivity index (χ1v) is 8.61. The van der Waals surface area contributed by atoms with Crippen molar-refractivity contribution in [2.24, 2.45) is 14.1 Å². The monoisotopic (exact) mass is 347 g/mol. The number of nitrogens with zero attached hydrogens (tertiary/aromatic N) is 6. The summed E-state index contributed by atoms with van der Waals surface area (Å²) in [6, 6.07) is 0. The maximum Gasteiger partial charge on any atom is 0.173 e. The van der Waals surface area contributed by atoms with Crippen LogP contribution in [0.2, 0.25) is 0 Å². The Hall–Kier alpha value is -1.93. The molecule has 0 spiro atoms. The van der Waals surface area contributed by atoms with Gasteiger partial charge in [0.25, 0.3) is 0 Å². The van der Waals surface area contributed by atoms with Crippen molar-refractivity contribution < 1.29 is 0 Å². The van der Waals surface area contributed by atoms with Gasteiger partial charge in [0, 0.05) is 58.6 Å². The predicted octanol–water partition coefficient (Wildman–Crippen LogP) is 1.29. The highest BCUT2D eigenvalue weighted by Crippen LogP contribution is 2.15. The minimum atomic E-state index is 0.781. The fourth-order valence-electron chi connectivity index (χ4n) is 2.97. The summed E-state index contributed by atoms with van der Waals surface area (Å²) >= 11 is 5.56. The number of piperazine rings is 1. The zero-order valence-corrected chi connectivity index (χ0v) is 15.6. The highest BCUT2D eigenvalue weighted by Gasteiger charge is 2.20. The van der Waals surface area contributed by atoms with Crippen LogP contribution in [0.5, 0.6) is 0 Å². The number of anilines is 1. The average Bonchev–Trinajstić information content (AvgIpc) is 3.03. The topological polar surface area (TPSA) is 54.2 Å². The van der Waals surface area contributed by atoms with Gasteiger partial charge in [-0.1, -0.05) is 0 Å². The van der Waals surface area contributed by atoms with Crippen LogP contribution in [0, 0.1) is 13.8 Å². The van der Waals surface area contributed by atoms with Gasteiger partial charge in [0.2, 0.25) is 0 Å². The molecule has 1 aliphatic rings. The highest BCUT2D eigenvalue weighted by atomic mass is 32.1. The Morgan fingerprint density at radius 3 is 2.46 bits per heavy atom. The highest BCUT2D eigenvalue weighted by molar-refractivity contribution is 7.80. The van der Waals surface area contributed by atoms with Crippen LogP contribution in [0.4, 0.5) is 5.69 Å². The summed E-state index contributed by atoms with van der Waals surface area (Å²) in [6.07, 6.45) is 3.93. The second-order valence-electron chi connectivity index (χ2n) is 6.37. The van der Waals surface area contributed by atoms with Crippen LogP contribution >= 0.6 is 12.2 Å². The van der Waals surface area contributed by atoms with E-state index < -0.39 is 0 Å². The Bertz CT molecular complexity index is 725. The lowest BCUT2D eigenvalue weighted by Crippen LogP contribution is -2.49. The summed E-state index contributed by atoms with van der Waals surface area (Å²) in [4.78, 5) is 4.69. The van der Waals surface area contributed by atoms with Crippen LogP contribution in [0.3, 0.4) is 0 Å². The molecule has 1 N–H and O–H groups in total. The number of nitrogens with one attached hydrogen (secondary N) is 1. The van der Waals surface area contributed by atoms with Gasteiger partial charge in [-0.3, -0.25) is 14.3 Å². The molecule has 0 amide bonds. The predicted molar refractivity (Wildman–Crippen MR) is 99.0 cm³/mol. The molecule has 8 heteroatoms. The lowest BCUT2D eigenvalue weighted by molar-refractivity contribution is 0.176. The second kappa shape index (κ2) is 6.90. The molecule has 1 fully saturated rings. The molecule has 0 radical (unpaired) electrons. The largest absolute Gasteiger partial charge is 0.346 e. The lowest BCUT2D eigenvalue weighted by atomic mass is 10.2. The maximum absolute atomic E-state index is 5.56. The van der Waals surface area contributed by atoms with E-state index in [0.29, 0.717) is 0 Å². The van der Waals surface area contributed by atoms with Gasteiger partial charge in [-0.15, -0.1) is 0 Å². The normalized spacial score (nSPS) is 15.8. The molecule has 130 valence electrons. The molecule has 0 unspecified atom stereocenters. The summed E-state index contributed by atoms with van der Waals surface area (Å²) in [7, 11) is 3.90. The van der Waals surface area contributed by atoms with Crippen LogP contribution in [0.15, 0.2) is 12.4 Å². The minimum Gasteiger partial charge on any atom is -0.346 e. The van der Waals surface area contributed by atoms with E-state index in [2.05, 4.69) is 38.4 Å². The standard InChI is InChI=1S/C16H25N7S/c1-12-14(10-20(3)19-12)11-22-5-7-23(8-6-22)16(24)18-15-9-17-21(4)13(15)2/h9-10H,5-8,11H2,1-4H3,(H,18,24). The Morgan fingerprint density at radius 1 is 1.21 bits per heavy atom. The third-order valence-corrected chi connectivity index (χ3v) is 5.01. The lowest BCUT2D eigenvalue weighted by Gasteiger charge is -2.36. The summed E-state index contributed by atoms with van der Waals surface area (Å²) in [5, 5.41) is 12.8. The molecular formula is C16H25N7S. The zero-order chi connectivity index (χ0) is 17.3. The average molecular weight is 347 g/mol. The molecular weight excluding hydrogens is 322 g/mol. The fraction of sp³-hybridized carbons (Fsp3) is 0.562. The molecule has 3 rings (SSSR count). The molecule has 0 saturated carbocycles. The van der Waals surface area contributed by atoms with Crippen LogP contribution in [0.25, 0.3) is 0 Å². The van der Waals surface area contributed by atoms with Crippen LogP contribution in [0.1, 0.15) is 17.0 Å². The number of aromatic nitrogens is 4. The van der Waals surface area contributed by atoms with Crippen molar-refractivity contribution in [3.63, 3.8) is 0 Å². The number of thiocarbonyl (C=S) groups is 1. The molecule has 2 aromatic heterocycles. The number of aryl methyl sites for hydroxylation is 3. The Labute approximate surface area is 148 Å². The summed E-state index contributed by atoms with van der Waals surface area (Å²) in [5.74, 6) is 0. The molecule has 0 aliphatic carbocycles. The third-order valence-electron chi connectivity index (χ3n) is 4.65. The molecule has 2 aromatic rings. The van der Waals surface area contributed by atoms with E-state index in [1.165, 1.54) is 5.56 Å². The Kier molecular flexibility index (Phi) is 4.86. The van der Waals surface area contributed by atoms with Crippen molar-refractivity contribution in [1.29, 1.82) is 0 Å². The first kappa shape index (κ1) is 16.9. The van der Waals surface area contributed by atoms with Crippen molar-refractivity contribution in [2.75, 3.05) is 31.5 Å². The molecule has 0 atom stereocenters. The van der Waals surface area contributed by atoms with Crippen molar-refractivity contribution in [3.05, 3.63) is 29.3 Å². The smallest absolute Gasteiger partial charge is 0.173 e. The van der Waals surface area contributed by atoms with Crippen LogP contribution in [-0.2, 0) is 20.6 Å². The fourth-order valence-corrected chi connectivity index (χ4v) is 3.26. The minimum absolute atomic E-state index is 0.781. The second-order valence-corrected chi connectivity index (χ2v) is 6.76. The van der Waals surface area contributed by atoms with Gasteiger partial charge >= 0.3 is 0 Å². The van der Waals surface area contributed by atoms with Gasteiger partial charge in [-0.05, 0) is 26.1 Å². The summed E-state index contributed by atoms with van der Waals surface area (Å²) < 4.78 is 3.73. The van der Waals surface area contributed by atoms with E-state index in [1.807, 2.05) is 36.6 Å². The molecule has 0 bridgehead atoms. The third kappa shape index (κ3) is 3.59. The van der Waals surface area contributed by atoms with E-state index in [4.69, 9.17) is 12.2 Å². The Balaban J connectivity index is 1.52. The van der Waals surface area contributed by atoms with Gasteiger partial charge < -0.3 is 10.2 Å². The van der Waals surface area contributed by atoms with Gasteiger partial charge in [-0.25, -0.2) is 0 Å². The van der Waals surface area contributed by atoms with E-state index in [1.54, 1.807) is 0 Å². The van der Waals surface area contributed by atoms with E-state index in [0.717, 1.165) is 54.9 Å². The molecule has 1 aliphatic heterocycles. The Morgan fingerprint density at radius 2 is 1.92 bits per heavy atom. The van der Waals surface area contributed by atoms with Gasteiger partial charge in [0.1, 0.15) is 0 Å². The molecule has 7 nitrogen and oxygen atoms in total. The SMILES string of the molecule is Cc1nn(C)cc1CN1CCN(C(=S)Nc2cnn(C)c2C)CC1. The first-order chi connectivity index (χ1) is 11.4. The molecule has 1 saturated heterocycles. The van der Waals surface area contributed by atoms with E-state index in [-0.39, 0.29) is 0 Å². The van der Waals surface area contributed by atoms with Gasteiger partial charge in [0.15, 0.2) is 5.11 Å². The van der Waals surface area contributed by atoms with Crippen molar-refractivity contribution >= 4 is 23.0 Å². The number of hydrogen-bond acceptors (Lipinski definition) is 4. The van der Waals surface area contributed by atoms with E-state index >= 15 is 0 Å².